The third-order valence-corrected chi connectivity index (χ3v) is 6.16. The molecule has 0 spiro atoms. The summed E-state index contributed by atoms with van der Waals surface area (Å²) in [5.41, 5.74) is 4.03. The smallest absolute Gasteiger partial charge is 0.259 e. The van der Waals surface area contributed by atoms with Crippen LogP contribution in [0.2, 0.25) is 0 Å². The van der Waals surface area contributed by atoms with E-state index in [1.165, 1.54) is 0 Å². The summed E-state index contributed by atoms with van der Waals surface area (Å²) in [4.78, 5) is 17.7. The van der Waals surface area contributed by atoms with E-state index in [4.69, 9.17) is 9.72 Å². The van der Waals surface area contributed by atoms with Gasteiger partial charge in [-0.2, -0.15) is 0 Å². The van der Waals surface area contributed by atoms with Crippen molar-refractivity contribution < 1.29 is 9.53 Å². The average molecular weight is 500 g/mol. The third-order valence-electron chi connectivity index (χ3n) is 4.41. The summed E-state index contributed by atoms with van der Waals surface area (Å²) < 4.78 is 7.64. The Bertz CT molecular complexity index is 1150. The molecule has 4 aromatic rings. The van der Waals surface area contributed by atoms with Gasteiger partial charge >= 0.3 is 0 Å². The van der Waals surface area contributed by atoms with Crippen molar-refractivity contribution in [1.82, 2.24) is 4.98 Å². The van der Waals surface area contributed by atoms with E-state index in [1.807, 2.05) is 55.5 Å². The van der Waals surface area contributed by atoms with E-state index in [-0.39, 0.29) is 5.91 Å². The zero-order chi connectivity index (χ0) is 19.7. The number of amides is 1. The molecule has 0 aliphatic rings. The summed E-state index contributed by atoms with van der Waals surface area (Å²) in [6.45, 7) is 1.92. The number of carbonyl (C=O) groups is 1. The molecule has 0 atom stereocenters. The molecule has 0 radical (unpaired) electrons. The Kier molecular flexibility index (Phi) is 5.32. The number of thiazole rings is 1. The zero-order valence-corrected chi connectivity index (χ0v) is 18.3. The Morgan fingerprint density at radius 3 is 2.71 bits per heavy atom. The molecule has 1 amide bonds. The van der Waals surface area contributed by atoms with Crippen molar-refractivity contribution in [1.29, 1.82) is 0 Å². The maximum atomic E-state index is 13.0. The number of benzene rings is 3. The van der Waals surface area contributed by atoms with Crippen molar-refractivity contribution in [2.75, 3.05) is 12.4 Å². The molecule has 3 aromatic carbocycles. The van der Waals surface area contributed by atoms with Crippen molar-refractivity contribution in [2.24, 2.45) is 0 Å². The topological polar surface area (TPSA) is 51.2 Å². The highest BCUT2D eigenvalue weighted by Gasteiger charge is 2.17. The number of aromatic nitrogens is 1. The first-order chi connectivity index (χ1) is 13.6. The fourth-order valence-electron chi connectivity index (χ4n) is 3.08. The van der Waals surface area contributed by atoms with Crippen LogP contribution in [0.3, 0.4) is 0 Å². The fraction of sp³-hybridized carbons (Fsp3) is 0.0909. The van der Waals surface area contributed by atoms with Gasteiger partial charge in [-0.1, -0.05) is 24.3 Å². The molecule has 6 heteroatoms. The Morgan fingerprint density at radius 1 is 1.11 bits per heavy atom. The maximum absolute atomic E-state index is 13.0. The van der Waals surface area contributed by atoms with Gasteiger partial charge in [-0.15, -0.1) is 11.3 Å². The molecular weight excluding hydrogens is 483 g/mol. The minimum atomic E-state index is -0.205. The van der Waals surface area contributed by atoms with Gasteiger partial charge in [-0.05, 0) is 71.5 Å². The number of para-hydroxylation sites is 2. The van der Waals surface area contributed by atoms with Gasteiger partial charge in [-0.3, -0.25) is 4.79 Å². The van der Waals surface area contributed by atoms with Crippen LogP contribution in [0.5, 0.6) is 5.75 Å². The van der Waals surface area contributed by atoms with Crippen LogP contribution in [0.15, 0.2) is 60.7 Å². The van der Waals surface area contributed by atoms with Crippen LogP contribution in [-0.4, -0.2) is 18.0 Å². The molecule has 4 rings (SSSR count). The molecule has 140 valence electrons. The first-order valence-electron chi connectivity index (χ1n) is 8.67. The number of aryl methyl sites for hydroxylation is 1. The van der Waals surface area contributed by atoms with Gasteiger partial charge in [0.15, 0.2) is 0 Å². The molecule has 4 nitrogen and oxygen atoms in total. The van der Waals surface area contributed by atoms with Gasteiger partial charge in [0.1, 0.15) is 10.8 Å². The van der Waals surface area contributed by atoms with Crippen molar-refractivity contribution in [3.63, 3.8) is 0 Å². The fourth-order valence-corrected chi connectivity index (χ4v) is 4.57. The number of nitrogens with one attached hydrogen (secondary N) is 1. The van der Waals surface area contributed by atoms with E-state index in [0.717, 1.165) is 35.6 Å². The minimum absolute atomic E-state index is 0.205. The SMILES string of the molecule is COc1c(C)cccc1C(=O)Nc1ccc(I)cc1-c1nc2ccccc2s1. The molecule has 0 unspecified atom stereocenters. The molecule has 0 fully saturated rings. The molecule has 0 saturated carbocycles. The van der Waals surface area contributed by atoms with Gasteiger partial charge < -0.3 is 10.1 Å². The summed E-state index contributed by atoms with van der Waals surface area (Å²) in [6.07, 6.45) is 0. The van der Waals surface area contributed by atoms with E-state index in [1.54, 1.807) is 24.5 Å². The summed E-state index contributed by atoms with van der Waals surface area (Å²) >= 11 is 3.89. The van der Waals surface area contributed by atoms with Gasteiger partial charge in [0, 0.05) is 9.13 Å². The van der Waals surface area contributed by atoms with E-state index in [0.29, 0.717) is 11.3 Å². The lowest BCUT2D eigenvalue weighted by Crippen LogP contribution is -2.14. The molecule has 1 heterocycles. The van der Waals surface area contributed by atoms with Crippen molar-refractivity contribution in [3.05, 3.63) is 75.4 Å². The highest BCUT2D eigenvalue weighted by atomic mass is 127. The van der Waals surface area contributed by atoms with Crippen LogP contribution in [0, 0.1) is 10.5 Å². The highest BCUT2D eigenvalue weighted by Crippen LogP contribution is 2.36. The van der Waals surface area contributed by atoms with E-state index in [9.17, 15) is 4.79 Å². The van der Waals surface area contributed by atoms with Crippen LogP contribution in [-0.2, 0) is 0 Å². The first kappa shape index (κ1) is 18.9. The minimum Gasteiger partial charge on any atom is -0.496 e. The van der Waals surface area contributed by atoms with Crippen molar-refractivity contribution in [2.45, 2.75) is 6.92 Å². The molecule has 0 bridgehead atoms. The monoisotopic (exact) mass is 500 g/mol. The van der Waals surface area contributed by atoms with Gasteiger partial charge in [0.25, 0.3) is 5.91 Å². The number of hydrogen-bond acceptors (Lipinski definition) is 4. The third kappa shape index (κ3) is 3.62. The van der Waals surface area contributed by atoms with E-state index in [2.05, 4.69) is 34.0 Å². The van der Waals surface area contributed by atoms with E-state index >= 15 is 0 Å². The first-order valence-corrected chi connectivity index (χ1v) is 10.6. The molecule has 1 N–H and O–H groups in total. The van der Waals surface area contributed by atoms with Crippen molar-refractivity contribution >= 4 is 55.7 Å². The maximum Gasteiger partial charge on any atom is 0.259 e. The number of halogens is 1. The summed E-state index contributed by atoms with van der Waals surface area (Å²) in [6, 6.07) is 19.5. The average Bonchev–Trinajstić information content (AvgIpc) is 3.13. The van der Waals surface area contributed by atoms with Gasteiger partial charge in [0.05, 0.1) is 28.6 Å². The largest absolute Gasteiger partial charge is 0.496 e. The predicted molar refractivity (Wildman–Crippen MR) is 123 cm³/mol. The number of nitrogens with zero attached hydrogens (tertiary/aromatic N) is 1. The molecular formula is C22H17IN2O2S. The van der Waals surface area contributed by atoms with Crippen LogP contribution in [0.25, 0.3) is 20.8 Å². The Hall–Kier alpha value is -2.45. The number of hydrogen-bond donors (Lipinski definition) is 1. The molecule has 0 aliphatic heterocycles. The van der Waals surface area contributed by atoms with Crippen molar-refractivity contribution in [3.8, 4) is 16.3 Å². The Morgan fingerprint density at radius 2 is 1.93 bits per heavy atom. The number of anilines is 1. The zero-order valence-electron chi connectivity index (χ0n) is 15.3. The molecule has 0 saturated heterocycles. The quantitative estimate of drug-likeness (QED) is 0.343. The second-order valence-corrected chi connectivity index (χ2v) is 8.56. The highest BCUT2D eigenvalue weighted by molar-refractivity contribution is 14.1. The summed E-state index contributed by atoms with van der Waals surface area (Å²) in [5.74, 6) is 0.385. The second kappa shape index (κ2) is 7.89. The summed E-state index contributed by atoms with van der Waals surface area (Å²) in [5, 5.41) is 3.92. The Labute approximate surface area is 180 Å². The summed E-state index contributed by atoms with van der Waals surface area (Å²) in [7, 11) is 1.58. The van der Waals surface area contributed by atoms with Gasteiger partial charge in [-0.25, -0.2) is 4.98 Å². The molecule has 0 aliphatic carbocycles. The lowest BCUT2D eigenvalue weighted by molar-refractivity contribution is 0.102. The van der Waals surface area contributed by atoms with E-state index < -0.39 is 0 Å². The van der Waals surface area contributed by atoms with Crippen LogP contribution in [0.4, 0.5) is 5.69 Å². The molecule has 28 heavy (non-hydrogen) atoms. The normalized spacial score (nSPS) is 10.8. The van der Waals surface area contributed by atoms with Crippen LogP contribution in [0.1, 0.15) is 15.9 Å². The number of fused-ring (bicyclic) bond motifs is 1. The number of rotatable bonds is 4. The number of ether oxygens (including phenoxy) is 1. The standard InChI is InChI=1S/C22H17IN2O2S/c1-13-6-5-7-15(20(13)27-2)21(26)24-17-11-10-14(23)12-16(17)22-25-18-8-3-4-9-19(18)28-22/h3-12H,1-2H3,(H,24,26). The second-order valence-electron chi connectivity index (χ2n) is 6.29. The van der Waals surface area contributed by atoms with Crippen LogP contribution >= 0.6 is 33.9 Å². The Balaban J connectivity index is 1.75. The predicted octanol–water partition coefficient (Wildman–Crippen LogP) is 6.14. The number of methoxy groups -OCH3 is 1. The van der Waals surface area contributed by atoms with Crippen LogP contribution < -0.4 is 10.1 Å². The van der Waals surface area contributed by atoms with Gasteiger partial charge in [0.2, 0.25) is 0 Å². The number of carbonyl (C=O) groups excluding carboxylic acids is 1. The lowest BCUT2D eigenvalue weighted by atomic mass is 10.1. The molecule has 1 aromatic heterocycles. The lowest BCUT2D eigenvalue weighted by Gasteiger charge is -2.13.